The number of benzene rings is 2. The van der Waals surface area contributed by atoms with Gasteiger partial charge in [-0.3, -0.25) is 14.5 Å². The summed E-state index contributed by atoms with van der Waals surface area (Å²) in [6, 6.07) is 16.2. The Labute approximate surface area is 204 Å². The number of hydrogen-bond acceptors (Lipinski definition) is 3. The van der Waals surface area contributed by atoms with E-state index in [1.807, 2.05) is 24.3 Å². The van der Waals surface area contributed by atoms with Crippen LogP contribution in [0.15, 0.2) is 78.5 Å². The number of aryl methyl sites for hydroxylation is 1. The molecule has 2 aromatic rings. The van der Waals surface area contributed by atoms with Crippen LogP contribution in [0, 0.1) is 0 Å². The van der Waals surface area contributed by atoms with Crippen molar-refractivity contribution in [1.82, 2.24) is 20.4 Å². The third kappa shape index (κ3) is 4.99. The van der Waals surface area contributed by atoms with E-state index in [9.17, 15) is 14.4 Å². The van der Waals surface area contributed by atoms with Gasteiger partial charge in [-0.05, 0) is 30.0 Å². The quantitative estimate of drug-likeness (QED) is 0.428. The van der Waals surface area contributed by atoms with E-state index in [-0.39, 0.29) is 37.5 Å². The second-order valence-electron chi connectivity index (χ2n) is 8.26. The number of carbonyl (C=O) groups excluding carboxylic acids is 3. The maximum Gasteiger partial charge on any atom is 0.322 e. The summed E-state index contributed by atoms with van der Waals surface area (Å²) in [5, 5.41) is 6.24. The monoisotopic (exact) mass is 478 g/mol. The lowest BCUT2D eigenvalue weighted by atomic mass is 9.95. The molecule has 7 nitrogen and oxygen atoms in total. The maximum absolute atomic E-state index is 13.4. The van der Waals surface area contributed by atoms with Crippen LogP contribution in [-0.4, -0.2) is 53.8 Å². The number of hydrogen-bond donors (Lipinski definition) is 2. The van der Waals surface area contributed by atoms with E-state index in [0.29, 0.717) is 28.4 Å². The molecule has 4 amide bonds. The molecular weight excluding hydrogens is 452 g/mol. The van der Waals surface area contributed by atoms with Crippen LogP contribution in [0.4, 0.5) is 4.79 Å². The van der Waals surface area contributed by atoms with E-state index in [2.05, 4.69) is 29.3 Å². The highest BCUT2D eigenvalue weighted by molar-refractivity contribution is 6.31. The topological polar surface area (TPSA) is 81.8 Å². The molecule has 1 unspecified atom stereocenters. The van der Waals surface area contributed by atoms with Crippen LogP contribution in [0.2, 0.25) is 5.02 Å². The molecule has 0 fully saturated rings. The normalized spacial score (nSPS) is 17.5. The first-order valence-electron chi connectivity index (χ1n) is 11.3. The predicted octanol–water partition coefficient (Wildman–Crippen LogP) is 3.44. The van der Waals surface area contributed by atoms with Gasteiger partial charge in [0.05, 0.1) is 23.9 Å². The summed E-state index contributed by atoms with van der Waals surface area (Å²) in [7, 11) is 0. The minimum absolute atomic E-state index is 0.0808. The van der Waals surface area contributed by atoms with Crippen molar-refractivity contribution in [3.63, 3.8) is 0 Å². The molecule has 0 saturated heterocycles. The van der Waals surface area contributed by atoms with Crippen LogP contribution in [0.25, 0.3) is 0 Å². The number of amides is 4. The molecule has 0 bridgehead atoms. The molecule has 34 heavy (non-hydrogen) atoms. The van der Waals surface area contributed by atoms with Crippen molar-refractivity contribution in [2.45, 2.75) is 18.9 Å². The summed E-state index contributed by atoms with van der Waals surface area (Å²) in [6.07, 6.45) is 3.27. The largest absolute Gasteiger partial charge is 0.355 e. The molecule has 0 spiro atoms. The average Bonchev–Trinajstić information content (AvgIpc) is 3.15. The fourth-order valence-electron chi connectivity index (χ4n) is 4.34. The Morgan fingerprint density at radius 1 is 1.15 bits per heavy atom. The van der Waals surface area contributed by atoms with Gasteiger partial charge in [0.15, 0.2) is 0 Å². The summed E-state index contributed by atoms with van der Waals surface area (Å²) in [4.78, 5) is 41.8. The lowest BCUT2D eigenvalue weighted by Crippen LogP contribution is -2.47. The van der Waals surface area contributed by atoms with Crippen LogP contribution in [-0.2, 0) is 16.0 Å². The molecule has 0 saturated carbocycles. The van der Waals surface area contributed by atoms with Crippen molar-refractivity contribution in [3.05, 3.63) is 94.7 Å². The Hall–Kier alpha value is -3.58. The molecular formula is C26H27ClN4O3. The van der Waals surface area contributed by atoms with Crippen LogP contribution < -0.4 is 10.6 Å². The second kappa shape index (κ2) is 10.6. The fourth-order valence-corrected chi connectivity index (χ4v) is 4.58. The third-order valence-electron chi connectivity index (χ3n) is 5.97. The number of halogens is 1. The molecule has 2 aliphatic heterocycles. The van der Waals surface area contributed by atoms with Gasteiger partial charge in [0.2, 0.25) is 5.91 Å². The molecule has 2 heterocycles. The third-order valence-corrected chi connectivity index (χ3v) is 6.31. The first kappa shape index (κ1) is 23.6. The highest BCUT2D eigenvalue weighted by Crippen LogP contribution is 2.38. The molecule has 2 aliphatic rings. The summed E-state index contributed by atoms with van der Waals surface area (Å²) in [5.74, 6) is -0.515. The van der Waals surface area contributed by atoms with Gasteiger partial charge in [0.25, 0.3) is 5.91 Å². The second-order valence-corrected chi connectivity index (χ2v) is 8.67. The molecule has 4 rings (SSSR count). The molecule has 2 N–H and O–H groups in total. The van der Waals surface area contributed by atoms with Gasteiger partial charge in [-0.2, -0.15) is 0 Å². The van der Waals surface area contributed by atoms with Crippen molar-refractivity contribution >= 4 is 29.4 Å². The number of rotatable bonds is 9. The van der Waals surface area contributed by atoms with Gasteiger partial charge >= 0.3 is 6.03 Å². The van der Waals surface area contributed by atoms with Crippen molar-refractivity contribution < 1.29 is 14.4 Å². The van der Waals surface area contributed by atoms with Gasteiger partial charge in [-0.25, -0.2) is 4.79 Å². The zero-order chi connectivity index (χ0) is 24.1. The molecule has 176 valence electrons. The van der Waals surface area contributed by atoms with E-state index < -0.39 is 6.04 Å². The Morgan fingerprint density at radius 2 is 1.88 bits per heavy atom. The summed E-state index contributed by atoms with van der Waals surface area (Å²) in [5.41, 5.74) is 2.87. The first-order valence-corrected chi connectivity index (χ1v) is 11.6. The van der Waals surface area contributed by atoms with Crippen LogP contribution in [0.5, 0.6) is 0 Å². The average molecular weight is 479 g/mol. The highest BCUT2D eigenvalue weighted by atomic mass is 35.5. The molecule has 0 aliphatic carbocycles. The van der Waals surface area contributed by atoms with E-state index in [0.717, 1.165) is 12.8 Å². The van der Waals surface area contributed by atoms with Crippen molar-refractivity contribution in [1.29, 1.82) is 0 Å². The Morgan fingerprint density at radius 3 is 2.62 bits per heavy atom. The molecule has 0 radical (unpaired) electrons. The molecule has 0 aromatic heterocycles. The predicted molar refractivity (Wildman–Crippen MR) is 131 cm³/mol. The molecule has 1 atom stereocenters. The first-order chi connectivity index (χ1) is 16.5. The summed E-state index contributed by atoms with van der Waals surface area (Å²) < 4.78 is 0. The molecule has 8 heteroatoms. The Bertz CT molecular complexity index is 1130. The highest BCUT2D eigenvalue weighted by Gasteiger charge is 2.44. The number of nitrogens with one attached hydrogen (secondary N) is 2. The lowest BCUT2D eigenvalue weighted by Gasteiger charge is -2.33. The van der Waals surface area contributed by atoms with Crippen LogP contribution >= 0.6 is 11.6 Å². The summed E-state index contributed by atoms with van der Waals surface area (Å²) in [6.45, 7) is 4.59. The van der Waals surface area contributed by atoms with Crippen LogP contribution in [0.3, 0.4) is 0 Å². The van der Waals surface area contributed by atoms with Gasteiger partial charge in [0.1, 0.15) is 6.54 Å². The molecule has 2 aromatic carbocycles. The Kier molecular flexibility index (Phi) is 7.33. The zero-order valence-corrected chi connectivity index (χ0v) is 19.6. The van der Waals surface area contributed by atoms with Crippen LogP contribution in [0.1, 0.15) is 23.6 Å². The van der Waals surface area contributed by atoms with E-state index in [1.165, 1.54) is 15.4 Å². The van der Waals surface area contributed by atoms with E-state index >= 15 is 0 Å². The van der Waals surface area contributed by atoms with Gasteiger partial charge < -0.3 is 15.5 Å². The smallest absolute Gasteiger partial charge is 0.322 e. The van der Waals surface area contributed by atoms with E-state index in [1.54, 1.807) is 24.3 Å². The lowest BCUT2D eigenvalue weighted by molar-refractivity contribution is -0.131. The van der Waals surface area contributed by atoms with Crippen molar-refractivity contribution in [2.24, 2.45) is 0 Å². The fraction of sp³-hybridized carbons (Fsp3) is 0.269. The minimum Gasteiger partial charge on any atom is -0.355 e. The van der Waals surface area contributed by atoms with Gasteiger partial charge in [-0.1, -0.05) is 66.2 Å². The minimum atomic E-state index is -0.677. The zero-order valence-electron chi connectivity index (χ0n) is 18.8. The number of nitrogens with zero attached hydrogens (tertiary/aromatic N) is 2. The maximum atomic E-state index is 13.4. The van der Waals surface area contributed by atoms with Gasteiger partial charge in [0, 0.05) is 18.1 Å². The van der Waals surface area contributed by atoms with Crippen molar-refractivity contribution in [2.75, 3.05) is 26.2 Å². The standard InChI is InChI=1S/C26H27ClN4O3/c1-2-15-31-21-16-30(17-22(32)28-14-8-11-18-9-4-3-5-10-18)25(33)23(21)24(29-26(31)34)19-12-6-7-13-20(19)27/h2-7,9-10,12-13,24H,1,8,11,14-17H2,(H,28,32)(H,29,34). The SMILES string of the molecule is C=CCN1C(=O)NC(c2ccccc2Cl)C2=C1CN(CC(=O)NCCCc1ccccc1)C2=O. The number of carbonyl (C=O) groups is 3. The van der Waals surface area contributed by atoms with Gasteiger partial charge in [-0.15, -0.1) is 6.58 Å². The Balaban J connectivity index is 1.44. The number of urea groups is 1. The van der Waals surface area contributed by atoms with Crippen molar-refractivity contribution in [3.8, 4) is 0 Å². The summed E-state index contributed by atoms with van der Waals surface area (Å²) >= 11 is 6.38. The van der Waals surface area contributed by atoms with E-state index in [4.69, 9.17) is 11.6 Å².